The molecule has 0 aromatic rings. The predicted octanol–water partition coefficient (Wildman–Crippen LogP) is 0.851. The van der Waals surface area contributed by atoms with E-state index >= 15 is 0 Å². The number of thiocarbonyl (C=S) groups is 1. The Morgan fingerprint density at radius 1 is 1.71 bits per heavy atom. The topological polar surface area (TPSA) is 12.0 Å². The van der Waals surface area contributed by atoms with Crippen LogP contribution in [0, 0.1) is 0 Å². The molecule has 0 rings (SSSR count). The van der Waals surface area contributed by atoms with Gasteiger partial charge in [0.05, 0.1) is 0 Å². The number of thioether (sulfide) groups is 1. The minimum absolute atomic E-state index is 0. The molecular formula is C3H7FeNS2. The second-order valence-corrected chi connectivity index (χ2v) is 2.22. The fourth-order valence-electron chi connectivity index (χ4n) is 0.102. The molecule has 0 saturated heterocycles. The van der Waals surface area contributed by atoms with Crippen molar-refractivity contribution in [2.45, 2.75) is 0 Å². The van der Waals surface area contributed by atoms with Crippen LogP contribution in [0.2, 0.25) is 0 Å². The maximum absolute atomic E-state index is 4.71. The summed E-state index contributed by atoms with van der Waals surface area (Å²) >= 11 is 6.25. The summed E-state index contributed by atoms with van der Waals surface area (Å²) < 4.78 is 0.843. The molecule has 0 atom stereocenters. The van der Waals surface area contributed by atoms with Gasteiger partial charge in [-0.1, -0.05) is 12.2 Å². The summed E-state index contributed by atoms with van der Waals surface area (Å²) in [6.07, 6.45) is 1.94. The van der Waals surface area contributed by atoms with Crippen molar-refractivity contribution in [1.82, 2.24) is 5.32 Å². The number of rotatable bonds is 0. The van der Waals surface area contributed by atoms with Crippen LogP contribution in [0.25, 0.3) is 0 Å². The molecule has 1 N–H and O–H groups in total. The molecule has 0 heterocycles. The fraction of sp³-hybridized carbons (Fsp3) is 0.667. The third-order valence-electron chi connectivity index (χ3n) is 0.390. The van der Waals surface area contributed by atoms with Crippen molar-refractivity contribution in [3.63, 3.8) is 0 Å². The molecular weight excluding hydrogens is 170 g/mol. The van der Waals surface area contributed by atoms with E-state index in [1.165, 1.54) is 0 Å². The van der Waals surface area contributed by atoms with E-state index in [0.717, 1.165) is 4.32 Å². The second-order valence-electron chi connectivity index (χ2n) is 0.742. The first-order valence-electron chi connectivity index (χ1n) is 1.57. The van der Waals surface area contributed by atoms with Crippen molar-refractivity contribution in [1.29, 1.82) is 0 Å². The van der Waals surface area contributed by atoms with Gasteiger partial charge in [0.1, 0.15) is 4.32 Å². The Bertz CT molecular complexity index is 50.9. The molecule has 0 unspecified atom stereocenters. The Morgan fingerprint density at radius 2 is 2.14 bits per heavy atom. The molecule has 0 aromatic carbocycles. The summed E-state index contributed by atoms with van der Waals surface area (Å²) in [5, 5.41) is 2.81. The average Bonchev–Trinajstić information content (AvgIpc) is 1.65. The van der Waals surface area contributed by atoms with E-state index in [4.69, 9.17) is 12.2 Å². The SMILES string of the molecule is CNC(=S)SC.[Fe]. The van der Waals surface area contributed by atoms with E-state index in [-0.39, 0.29) is 17.1 Å². The molecule has 0 fully saturated rings. The van der Waals surface area contributed by atoms with Gasteiger partial charge in [-0.15, -0.1) is 11.8 Å². The molecule has 0 aliphatic heterocycles. The maximum Gasteiger partial charge on any atom is 0.133 e. The Hall–Kier alpha value is 0.759. The first-order chi connectivity index (χ1) is 2.81. The van der Waals surface area contributed by atoms with Crippen molar-refractivity contribution < 1.29 is 17.1 Å². The minimum Gasteiger partial charge on any atom is -0.374 e. The Balaban J connectivity index is 0. The second kappa shape index (κ2) is 6.76. The smallest absolute Gasteiger partial charge is 0.133 e. The first-order valence-corrected chi connectivity index (χ1v) is 3.20. The molecule has 0 radical (unpaired) electrons. The van der Waals surface area contributed by atoms with E-state index in [2.05, 4.69) is 5.32 Å². The van der Waals surface area contributed by atoms with Gasteiger partial charge in [0.25, 0.3) is 0 Å². The Kier molecular flexibility index (Phi) is 10.3. The van der Waals surface area contributed by atoms with E-state index in [1.807, 2.05) is 13.3 Å². The summed E-state index contributed by atoms with van der Waals surface area (Å²) in [7, 11) is 1.82. The zero-order valence-corrected chi connectivity index (χ0v) is 6.91. The Labute approximate surface area is 64.1 Å². The minimum atomic E-state index is 0. The number of nitrogens with one attached hydrogen (secondary N) is 1. The van der Waals surface area contributed by atoms with Crippen LogP contribution in [0.4, 0.5) is 0 Å². The van der Waals surface area contributed by atoms with Gasteiger partial charge in [-0.25, -0.2) is 0 Å². The van der Waals surface area contributed by atoms with Gasteiger partial charge in [-0.05, 0) is 6.26 Å². The normalized spacial score (nSPS) is 6.57. The van der Waals surface area contributed by atoms with Crippen molar-refractivity contribution in [3.8, 4) is 0 Å². The van der Waals surface area contributed by atoms with Crippen molar-refractivity contribution in [2.75, 3.05) is 13.3 Å². The maximum atomic E-state index is 4.71. The van der Waals surface area contributed by atoms with Gasteiger partial charge in [-0.3, -0.25) is 0 Å². The first kappa shape index (κ1) is 10.7. The summed E-state index contributed by atoms with van der Waals surface area (Å²) in [4.78, 5) is 0. The average molecular weight is 177 g/mol. The summed E-state index contributed by atoms with van der Waals surface area (Å²) in [6.45, 7) is 0. The van der Waals surface area contributed by atoms with Gasteiger partial charge in [0.2, 0.25) is 0 Å². The van der Waals surface area contributed by atoms with Gasteiger partial charge in [0, 0.05) is 24.1 Å². The fourth-order valence-corrected chi connectivity index (χ4v) is 0.306. The van der Waals surface area contributed by atoms with Gasteiger partial charge < -0.3 is 5.32 Å². The molecule has 0 bridgehead atoms. The molecule has 0 amide bonds. The molecule has 0 aliphatic carbocycles. The molecule has 1 nitrogen and oxygen atoms in total. The van der Waals surface area contributed by atoms with Crippen LogP contribution in [0.5, 0.6) is 0 Å². The van der Waals surface area contributed by atoms with E-state index in [9.17, 15) is 0 Å². The molecule has 4 heteroatoms. The van der Waals surface area contributed by atoms with Crippen LogP contribution in [0.3, 0.4) is 0 Å². The van der Waals surface area contributed by atoms with Crippen LogP contribution in [0.15, 0.2) is 0 Å². The largest absolute Gasteiger partial charge is 0.374 e. The monoisotopic (exact) mass is 177 g/mol. The van der Waals surface area contributed by atoms with Gasteiger partial charge in [-0.2, -0.15) is 0 Å². The summed E-state index contributed by atoms with van der Waals surface area (Å²) in [5.41, 5.74) is 0. The Morgan fingerprint density at radius 3 is 2.14 bits per heavy atom. The van der Waals surface area contributed by atoms with Crippen LogP contribution in [-0.2, 0) is 17.1 Å². The molecule has 0 spiro atoms. The standard InChI is InChI=1S/C3H7NS2.Fe/c1-4-3(5)6-2;/h1-2H3,(H,4,5);. The molecule has 44 valence electrons. The third kappa shape index (κ3) is 6.76. The number of hydrogen-bond acceptors (Lipinski definition) is 2. The molecule has 0 saturated carbocycles. The van der Waals surface area contributed by atoms with Crippen molar-refractivity contribution in [3.05, 3.63) is 0 Å². The van der Waals surface area contributed by atoms with Gasteiger partial charge in [0.15, 0.2) is 0 Å². The number of hydrogen-bond donors (Lipinski definition) is 1. The van der Waals surface area contributed by atoms with Crippen LogP contribution in [-0.4, -0.2) is 17.6 Å². The molecule has 0 aromatic heterocycles. The van der Waals surface area contributed by atoms with E-state index in [1.54, 1.807) is 11.8 Å². The summed E-state index contributed by atoms with van der Waals surface area (Å²) in [5.74, 6) is 0. The zero-order chi connectivity index (χ0) is 4.99. The van der Waals surface area contributed by atoms with Crippen LogP contribution in [0.1, 0.15) is 0 Å². The zero-order valence-electron chi connectivity index (χ0n) is 4.17. The summed E-state index contributed by atoms with van der Waals surface area (Å²) in [6, 6.07) is 0. The van der Waals surface area contributed by atoms with Gasteiger partial charge >= 0.3 is 0 Å². The third-order valence-corrected chi connectivity index (χ3v) is 1.67. The van der Waals surface area contributed by atoms with Crippen LogP contribution < -0.4 is 5.32 Å². The van der Waals surface area contributed by atoms with Crippen LogP contribution >= 0.6 is 24.0 Å². The quantitative estimate of drug-likeness (QED) is 0.435. The molecule has 7 heavy (non-hydrogen) atoms. The predicted molar refractivity (Wildman–Crippen MR) is 35.2 cm³/mol. The van der Waals surface area contributed by atoms with Crippen molar-refractivity contribution in [2.24, 2.45) is 0 Å². The van der Waals surface area contributed by atoms with E-state index < -0.39 is 0 Å². The van der Waals surface area contributed by atoms with E-state index in [0.29, 0.717) is 0 Å². The van der Waals surface area contributed by atoms with Crippen molar-refractivity contribution >= 4 is 28.3 Å². The molecule has 0 aliphatic rings.